The fraction of sp³-hybridized carbons (Fsp3) is 0.500. The van der Waals surface area contributed by atoms with Crippen molar-refractivity contribution in [2.24, 2.45) is 0 Å². The number of fused-ring (bicyclic) bond motifs is 1. The second-order valence-corrected chi connectivity index (χ2v) is 5.20. The molecule has 0 spiro atoms. The van der Waals surface area contributed by atoms with Gasteiger partial charge < -0.3 is 14.6 Å². The van der Waals surface area contributed by atoms with Crippen molar-refractivity contribution < 1.29 is 4.79 Å². The van der Waals surface area contributed by atoms with E-state index in [0.717, 1.165) is 37.4 Å². The van der Waals surface area contributed by atoms with Crippen LogP contribution in [-0.4, -0.2) is 46.4 Å². The number of carbonyl (C=O) groups is 1. The zero-order valence-electron chi connectivity index (χ0n) is 13.1. The summed E-state index contributed by atoms with van der Waals surface area (Å²) in [7, 11) is 0. The van der Waals surface area contributed by atoms with Crippen LogP contribution in [0.25, 0.3) is 5.65 Å². The number of pyridine rings is 1. The summed E-state index contributed by atoms with van der Waals surface area (Å²) >= 11 is 0. The standard InChI is InChI=1S/C16H24N4O/c1-4-19(5-2)9-6-8-17-16(21)14-7-10-20-12-13(3)18-15(20)11-14/h7,10-12H,4-6,8-9H2,1-3H3,(H,17,21). The topological polar surface area (TPSA) is 49.6 Å². The van der Waals surface area contributed by atoms with Gasteiger partial charge in [0.15, 0.2) is 0 Å². The van der Waals surface area contributed by atoms with Gasteiger partial charge in [-0.2, -0.15) is 0 Å². The molecule has 2 heterocycles. The van der Waals surface area contributed by atoms with Gasteiger partial charge in [0.2, 0.25) is 0 Å². The minimum Gasteiger partial charge on any atom is -0.352 e. The number of nitrogens with zero attached hydrogens (tertiary/aromatic N) is 3. The lowest BCUT2D eigenvalue weighted by Crippen LogP contribution is -2.29. The van der Waals surface area contributed by atoms with Crippen LogP contribution < -0.4 is 5.32 Å². The third-order valence-corrected chi connectivity index (χ3v) is 3.67. The van der Waals surface area contributed by atoms with E-state index in [4.69, 9.17) is 0 Å². The smallest absolute Gasteiger partial charge is 0.251 e. The summed E-state index contributed by atoms with van der Waals surface area (Å²) in [6, 6.07) is 3.65. The van der Waals surface area contributed by atoms with Gasteiger partial charge in [-0.3, -0.25) is 4.79 Å². The van der Waals surface area contributed by atoms with Gasteiger partial charge in [-0.05, 0) is 45.1 Å². The summed E-state index contributed by atoms with van der Waals surface area (Å²) in [5.41, 5.74) is 2.42. The van der Waals surface area contributed by atoms with Crippen LogP contribution in [0.1, 0.15) is 36.3 Å². The average Bonchev–Trinajstić information content (AvgIpc) is 2.86. The van der Waals surface area contributed by atoms with Gasteiger partial charge in [-0.15, -0.1) is 0 Å². The molecule has 0 aliphatic carbocycles. The lowest BCUT2D eigenvalue weighted by atomic mass is 10.2. The molecule has 0 fully saturated rings. The Morgan fingerprint density at radius 3 is 2.86 bits per heavy atom. The molecule has 0 aromatic carbocycles. The number of aromatic nitrogens is 2. The fourth-order valence-electron chi connectivity index (χ4n) is 2.40. The molecule has 2 aromatic rings. The van der Waals surface area contributed by atoms with Crippen LogP contribution in [0, 0.1) is 6.92 Å². The number of hydrogen-bond acceptors (Lipinski definition) is 3. The molecule has 0 saturated carbocycles. The van der Waals surface area contributed by atoms with Crippen molar-refractivity contribution in [1.82, 2.24) is 19.6 Å². The molecule has 5 heteroatoms. The monoisotopic (exact) mass is 288 g/mol. The van der Waals surface area contributed by atoms with Crippen LogP contribution in [0.3, 0.4) is 0 Å². The predicted octanol–water partition coefficient (Wildman–Crippen LogP) is 2.10. The Labute approximate surface area is 126 Å². The van der Waals surface area contributed by atoms with Crippen molar-refractivity contribution in [3.05, 3.63) is 35.8 Å². The first-order valence-electron chi connectivity index (χ1n) is 7.60. The fourth-order valence-corrected chi connectivity index (χ4v) is 2.40. The first-order valence-corrected chi connectivity index (χ1v) is 7.60. The first-order chi connectivity index (χ1) is 10.1. The first kappa shape index (κ1) is 15.5. The van der Waals surface area contributed by atoms with E-state index in [2.05, 4.69) is 29.0 Å². The largest absolute Gasteiger partial charge is 0.352 e. The molecular formula is C16H24N4O. The van der Waals surface area contributed by atoms with Gasteiger partial charge in [0, 0.05) is 24.5 Å². The summed E-state index contributed by atoms with van der Waals surface area (Å²) < 4.78 is 1.92. The van der Waals surface area contributed by atoms with Crippen molar-refractivity contribution in [2.45, 2.75) is 27.2 Å². The van der Waals surface area contributed by atoms with Crippen molar-refractivity contribution in [3.63, 3.8) is 0 Å². The minimum atomic E-state index is -0.0299. The highest BCUT2D eigenvalue weighted by atomic mass is 16.1. The van der Waals surface area contributed by atoms with E-state index < -0.39 is 0 Å². The number of rotatable bonds is 7. The molecule has 1 N–H and O–H groups in total. The van der Waals surface area contributed by atoms with Crippen LogP contribution in [0.5, 0.6) is 0 Å². The highest BCUT2D eigenvalue weighted by molar-refractivity contribution is 5.94. The summed E-state index contributed by atoms with van der Waals surface area (Å²) in [5, 5.41) is 2.97. The minimum absolute atomic E-state index is 0.0299. The molecule has 0 aliphatic heterocycles. The van der Waals surface area contributed by atoms with Gasteiger partial charge in [0.1, 0.15) is 5.65 Å². The quantitative estimate of drug-likeness (QED) is 0.794. The van der Waals surface area contributed by atoms with E-state index in [1.165, 1.54) is 0 Å². The SMILES string of the molecule is CCN(CC)CCCNC(=O)c1ccn2cc(C)nc2c1. The van der Waals surface area contributed by atoms with Gasteiger partial charge in [-0.25, -0.2) is 4.98 Å². The maximum Gasteiger partial charge on any atom is 0.251 e. The molecule has 0 saturated heterocycles. The molecule has 114 valence electrons. The Morgan fingerprint density at radius 2 is 2.14 bits per heavy atom. The zero-order chi connectivity index (χ0) is 15.2. The van der Waals surface area contributed by atoms with Gasteiger partial charge >= 0.3 is 0 Å². The van der Waals surface area contributed by atoms with Gasteiger partial charge in [0.05, 0.1) is 5.69 Å². The maximum absolute atomic E-state index is 12.1. The number of amides is 1. The summed E-state index contributed by atoms with van der Waals surface area (Å²) in [4.78, 5) is 18.8. The van der Waals surface area contributed by atoms with E-state index in [9.17, 15) is 4.79 Å². The molecule has 5 nitrogen and oxygen atoms in total. The molecule has 0 unspecified atom stereocenters. The van der Waals surface area contributed by atoms with Crippen molar-refractivity contribution in [2.75, 3.05) is 26.2 Å². The third-order valence-electron chi connectivity index (χ3n) is 3.67. The number of hydrogen-bond donors (Lipinski definition) is 1. The molecular weight excluding hydrogens is 264 g/mol. The van der Waals surface area contributed by atoms with E-state index in [0.29, 0.717) is 12.1 Å². The highest BCUT2D eigenvalue weighted by Gasteiger charge is 2.07. The van der Waals surface area contributed by atoms with Gasteiger partial charge in [0.25, 0.3) is 5.91 Å². The number of nitrogens with one attached hydrogen (secondary N) is 1. The number of carbonyl (C=O) groups excluding carboxylic acids is 1. The molecule has 1 amide bonds. The molecule has 0 bridgehead atoms. The average molecular weight is 288 g/mol. The molecule has 0 radical (unpaired) electrons. The normalized spacial score (nSPS) is 11.2. The van der Waals surface area contributed by atoms with E-state index in [-0.39, 0.29) is 5.91 Å². The van der Waals surface area contributed by atoms with Crippen LogP contribution in [0.2, 0.25) is 0 Å². The maximum atomic E-state index is 12.1. The second kappa shape index (κ2) is 7.22. The molecule has 0 aliphatic rings. The highest BCUT2D eigenvalue weighted by Crippen LogP contribution is 2.07. The van der Waals surface area contributed by atoms with E-state index >= 15 is 0 Å². The molecule has 0 atom stereocenters. The lowest BCUT2D eigenvalue weighted by molar-refractivity contribution is 0.0952. The molecule has 21 heavy (non-hydrogen) atoms. The number of aryl methyl sites for hydroxylation is 1. The second-order valence-electron chi connectivity index (χ2n) is 5.20. The summed E-state index contributed by atoms with van der Waals surface area (Å²) in [6.07, 6.45) is 4.79. The van der Waals surface area contributed by atoms with Crippen LogP contribution >= 0.6 is 0 Å². The Balaban J connectivity index is 1.87. The summed E-state index contributed by atoms with van der Waals surface area (Å²) in [5.74, 6) is -0.0299. The zero-order valence-corrected chi connectivity index (χ0v) is 13.1. The summed E-state index contributed by atoms with van der Waals surface area (Å²) in [6.45, 7) is 10.1. The van der Waals surface area contributed by atoms with E-state index in [1.54, 1.807) is 0 Å². The van der Waals surface area contributed by atoms with Crippen LogP contribution in [0.4, 0.5) is 0 Å². The van der Waals surface area contributed by atoms with Crippen molar-refractivity contribution >= 4 is 11.6 Å². The Hall–Kier alpha value is -1.88. The Morgan fingerprint density at radius 1 is 1.38 bits per heavy atom. The number of imidazole rings is 1. The lowest BCUT2D eigenvalue weighted by Gasteiger charge is -2.17. The van der Waals surface area contributed by atoms with Gasteiger partial charge in [-0.1, -0.05) is 13.8 Å². The van der Waals surface area contributed by atoms with Crippen LogP contribution in [-0.2, 0) is 0 Å². The van der Waals surface area contributed by atoms with Crippen molar-refractivity contribution in [1.29, 1.82) is 0 Å². The van der Waals surface area contributed by atoms with Crippen molar-refractivity contribution in [3.8, 4) is 0 Å². The Kier molecular flexibility index (Phi) is 5.33. The third kappa shape index (κ3) is 4.04. The molecule has 2 aromatic heterocycles. The van der Waals surface area contributed by atoms with E-state index in [1.807, 2.05) is 35.9 Å². The predicted molar refractivity (Wildman–Crippen MR) is 84.7 cm³/mol. The Bertz CT molecular complexity index is 601. The van der Waals surface area contributed by atoms with Crippen LogP contribution in [0.15, 0.2) is 24.5 Å². The molecule has 2 rings (SSSR count).